The smallest absolute Gasteiger partial charge is 0.271 e. The minimum absolute atomic E-state index is 0.128. The van der Waals surface area contributed by atoms with Gasteiger partial charge in [-0.25, -0.2) is 5.43 Å². The third kappa shape index (κ3) is 6.16. The van der Waals surface area contributed by atoms with Crippen LogP contribution in [0.5, 0.6) is 11.5 Å². The number of amides is 2. The molecule has 0 saturated heterocycles. The molecule has 34 heavy (non-hydrogen) atoms. The van der Waals surface area contributed by atoms with Gasteiger partial charge in [-0.3, -0.25) is 19.7 Å². The molecule has 2 amide bonds. The normalized spacial score (nSPS) is 10.5. The molecule has 174 valence electrons. The van der Waals surface area contributed by atoms with Gasteiger partial charge >= 0.3 is 0 Å². The van der Waals surface area contributed by atoms with E-state index in [9.17, 15) is 19.7 Å². The number of methoxy groups -OCH3 is 1. The molecule has 0 atom stereocenters. The number of ether oxygens (including phenoxy) is 2. The van der Waals surface area contributed by atoms with Crippen LogP contribution in [0, 0.1) is 10.1 Å². The van der Waals surface area contributed by atoms with Gasteiger partial charge < -0.3 is 14.8 Å². The highest BCUT2D eigenvalue weighted by molar-refractivity contribution is 6.05. The molecule has 0 heterocycles. The van der Waals surface area contributed by atoms with E-state index in [0.717, 1.165) is 0 Å². The van der Waals surface area contributed by atoms with Gasteiger partial charge in [-0.1, -0.05) is 6.07 Å². The van der Waals surface area contributed by atoms with E-state index >= 15 is 0 Å². The van der Waals surface area contributed by atoms with Crippen LogP contribution in [0.2, 0.25) is 0 Å². The quantitative estimate of drug-likeness (QED) is 0.280. The Balaban J connectivity index is 1.68. The first-order chi connectivity index (χ1) is 16.4. The Hall–Kier alpha value is -4.73. The molecular formula is C24H22N4O6. The molecule has 2 N–H and O–H groups in total. The second kappa shape index (κ2) is 11.2. The van der Waals surface area contributed by atoms with Crippen molar-refractivity contribution in [3.63, 3.8) is 0 Å². The molecule has 0 fully saturated rings. The van der Waals surface area contributed by atoms with E-state index in [1.54, 1.807) is 49.4 Å². The summed E-state index contributed by atoms with van der Waals surface area (Å²) in [5.74, 6) is 0.163. The average Bonchev–Trinajstić information content (AvgIpc) is 2.85. The molecule has 10 heteroatoms. The second-order valence-corrected chi connectivity index (χ2v) is 6.87. The lowest BCUT2D eigenvalue weighted by Crippen LogP contribution is -2.18. The molecule has 10 nitrogen and oxygen atoms in total. The zero-order chi connectivity index (χ0) is 24.5. The maximum absolute atomic E-state index is 12.5. The van der Waals surface area contributed by atoms with E-state index in [1.807, 2.05) is 0 Å². The summed E-state index contributed by atoms with van der Waals surface area (Å²) in [5, 5.41) is 17.7. The van der Waals surface area contributed by atoms with Crippen LogP contribution in [-0.2, 0) is 0 Å². The van der Waals surface area contributed by atoms with Gasteiger partial charge in [0.1, 0.15) is 11.5 Å². The summed E-state index contributed by atoms with van der Waals surface area (Å²) < 4.78 is 10.5. The zero-order valence-corrected chi connectivity index (χ0v) is 18.5. The van der Waals surface area contributed by atoms with Crippen LogP contribution in [0.4, 0.5) is 11.4 Å². The van der Waals surface area contributed by atoms with E-state index in [4.69, 9.17) is 9.47 Å². The summed E-state index contributed by atoms with van der Waals surface area (Å²) in [7, 11) is 1.54. The van der Waals surface area contributed by atoms with Crippen molar-refractivity contribution < 1.29 is 24.0 Å². The SMILES string of the molecule is CCOc1ccc([N+](=O)[O-])cc1C=NNC(=O)c1cccc(NC(=O)c2ccc(OC)cc2)c1. The molecule has 0 aliphatic rings. The minimum atomic E-state index is -0.530. The number of anilines is 1. The number of carbonyl (C=O) groups excluding carboxylic acids is 2. The molecular weight excluding hydrogens is 440 g/mol. The number of hydrazone groups is 1. The fraction of sp³-hybridized carbons (Fsp3) is 0.125. The zero-order valence-electron chi connectivity index (χ0n) is 18.5. The van der Waals surface area contributed by atoms with Crippen LogP contribution < -0.4 is 20.2 Å². The van der Waals surface area contributed by atoms with Crippen molar-refractivity contribution >= 4 is 29.4 Å². The van der Waals surface area contributed by atoms with Gasteiger partial charge in [0.25, 0.3) is 17.5 Å². The Morgan fingerprint density at radius 1 is 1.03 bits per heavy atom. The van der Waals surface area contributed by atoms with Crippen LogP contribution in [0.15, 0.2) is 71.8 Å². The maximum atomic E-state index is 12.5. The Kier molecular flexibility index (Phi) is 7.90. The summed E-state index contributed by atoms with van der Waals surface area (Å²) in [6.07, 6.45) is 1.27. The summed E-state index contributed by atoms with van der Waals surface area (Å²) in [6, 6.07) is 17.0. The second-order valence-electron chi connectivity index (χ2n) is 6.87. The van der Waals surface area contributed by atoms with Crippen LogP contribution in [-0.4, -0.2) is 36.7 Å². The molecule has 3 aromatic carbocycles. The lowest BCUT2D eigenvalue weighted by Gasteiger charge is -2.08. The van der Waals surface area contributed by atoms with E-state index < -0.39 is 10.8 Å². The fourth-order valence-corrected chi connectivity index (χ4v) is 2.95. The third-order valence-electron chi connectivity index (χ3n) is 4.61. The van der Waals surface area contributed by atoms with Crippen LogP contribution in [0.25, 0.3) is 0 Å². The van der Waals surface area contributed by atoms with E-state index in [2.05, 4.69) is 15.8 Å². The number of nitrogens with zero attached hydrogens (tertiary/aromatic N) is 2. The first-order valence-electron chi connectivity index (χ1n) is 10.2. The highest BCUT2D eigenvalue weighted by atomic mass is 16.6. The number of rotatable bonds is 9. The third-order valence-corrected chi connectivity index (χ3v) is 4.61. The molecule has 3 rings (SSSR count). The summed E-state index contributed by atoms with van der Waals surface area (Å²) >= 11 is 0. The molecule has 0 bridgehead atoms. The van der Waals surface area contributed by atoms with E-state index in [1.165, 1.54) is 37.6 Å². The maximum Gasteiger partial charge on any atom is 0.271 e. The van der Waals surface area contributed by atoms with Crippen molar-refractivity contribution in [2.45, 2.75) is 6.92 Å². The van der Waals surface area contributed by atoms with Crippen molar-refractivity contribution in [3.8, 4) is 11.5 Å². The standard InChI is InChI=1S/C24H22N4O6/c1-3-34-22-12-9-20(28(31)32)14-18(22)15-25-27-24(30)17-5-4-6-19(13-17)26-23(29)16-7-10-21(33-2)11-8-16/h4-15H,3H2,1-2H3,(H,26,29)(H,27,30). The molecule has 0 saturated carbocycles. The molecule has 0 aliphatic heterocycles. The average molecular weight is 462 g/mol. The van der Waals surface area contributed by atoms with Gasteiger partial charge in [-0.15, -0.1) is 0 Å². The summed E-state index contributed by atoms with van der Waals surface area (Å²) in [4.78, 5) is 35.5. The number of nitrogens with one attached hydrogen (secondary N) is 2. The van der Waals surface area contributed by atoms with Gasteiger partial charge in [0.2, 0.25) is 0 Å². The molecule has 0 aliphatic carbocycles. The monoisotopic (exact) mass is 462 g/mol. The highest BCUT2D eigenvalue weighted by Crippen LogP contribution is 2.23. The topological polar surface area (TPSA) is 132 Å². The number of nitro groups is 1. The highest BCUT2D eigenvalue weighted by Gasteiger charge is 2.12. The predicted octanol–water partition coefficient (Wildman–Crippen LogP) is 4.02. The van der Waals surface area contributed by atoms with Crippen molar-refractivity contribution in [2.24, 2.45) is 5.10 Å². The van der Waals surface area contributed by atoms with Crippen molar-refractivity contribution in [1.82, 2.24) is 5.43 Å². The van der Waals surface area contributed by atoms with Gasteiger partial charge in [0, 0.05) is 34.5 Å². The van der Waals surface area contributed by atoms with E-state index in [-0.39, 0.29) is 17.2 Å². The lowest BCUT2D eigenvalue weighted by atomic mass is 10.1. The summed E-state index contributed by atoms with van der Waals surface area (Å²) in [5.41, 5.74) is 3.70. The number of non-ortho nitro benzene ring substituents is 1. The molecule has 3 aromatic rings. The summed E-state index contributed by atoms with van der Waals surface area (Å²) in [6.45, 7) is 2.14. The lowest BCUT2D eigenvalue weighted by molar-refractivity contribution is -0.384. The number of nitro benzene ring substituents is 1. The molecule has 0 aromatic heterocycles. The van der Waals surface area contributed by atoms with Gasteiger partial charge in [-0.2, -0.15) is 5.10 Å². The van der Waals surface area contributed by atoms with Crippen LogP contribution in [0.1, 0.15) is 33.2 Å². The van der Waals surface area contributed by atoms with Crippen molar-refractivity contribution in [3.05, 3.63) is 93.5 Å². The first kappa shape index (κ1) is 23.9. The van der Waals surface area contributed by atoms with Crippen LogP contribution >= 0.6 is 0 Å². The number of hydrogen-bond donors (Lipinski definition) is 2. The Morgan fingerprint density at radius 3 is 2.47 bits per heavy atom. The number of carbonyl (C=O) groups is 2. The van der Waals surface area contributed by atoms with Crippen LogP contribution in [0.3, 0.4) is 0 Å². The predicted molar refractivity (Wildman–Crippen MR) is 127 cm³/mol. The van der Waals surface area contributed by atoms with Crippen molar-refractivity contribution in [1.29, 1.82) is 0 Å². The largest absolute Gasteiger partial charge is 0.497 e. The fourth-order valence-electron chi connectivity index (χ4n) is 2.95. The van der Waals surface area contributed by atoms with Gasteiger partial charge in [-0.05, 0) is 55.5 Å². The molecule has 0 unspecified atom stereocenters. The first-order valence-corrected chi connectivity index (χ1v) is 10.2. The number of hydrogen-bond acceptors (Lipinski definition) is 7. The molecule has 0 spiro atoms. The Labute approximate surface area is 195 Å². The Morgan fingerprint density at radius 2 is 1.79 bits per heavy atom. The van der Waals surface area contributed by atoms with Gasteiger partial charge in [0.15, 0.2) is 0 Å². The van der Waals surface area contributed by atoms with E-state index in [0.29, 0.717) is 34.9 Å². The number of benzene rings is 3. The van der Waals surface area contributed by atoms with Crippen molar-refractivity contribution in [2.75, 3.05) is 19.0 Å². The molecule has 0 radical (unpaired) electrons. The Bertz CT molecular complexity index is 1220. The van der Waals surface area contributed by atoms with Gasteiger partial charge in [0.05, 0.1) is 24.9 Å². The minimum Gasteiger partial charge on any atom is -0.497 e.